The molecule has 0 aliphatic heterocycles. The molecule has 3 aromatic carbocycles. The molecule has 0 saturated heterocycles. The number of hydrogen-bond donors (Lipinski definition) is 1. The van der Waals surface area contributed by atoms with Crippen LogP contribution in [0, 0.1) is 0 Å². The molecule has 0 bridgehead atoms. The normalized spacial score (nSPS) is 11.0. The van der Waals surface area contributed by atoms with Crippen LogP contribution in [-0.4, -0.2) is 28.2 Å². The zero-order valence-corrected chi connectivity index (χ0v) is 15.4. The van der Waals surface area contributed by atoms with Gasteiger partial charge in [-0.05, 0) is 35.9 Å². The number of ether oxygens (including phenoxy) is 1. The van der Waals surface area contributed by atoms with Crippen LogP contribution in [0.4, 0.5) is 5.82 Å². The maximum absolute atomic E-state index is 9.76. The van der Waals surface area contributed by atoms with Gasteiger partial charge in [-0.25, -0.2) is 9.67 Å². The summed E-state index contributed by atoms with van der Waals surface area (Å²) in [5.41, 5.74) is 3.62. The third kappa shape index (κ3) is 3.64. The van der Waals surface area contributed by atoms with Crippen molar-refractivity contribution in [3.05, 3.63) is 90.5 Å². The Bertz CT molecular complexity index is 1100. The molecule has 0 aliphatic carbocycles. The molecule has 4 aromatic rings. The quantitative estimate of drug-likeness (QED) is 0.503. The van der Waals surface area contributed by atoms with Crippen molar-refractivity contribution in [1.82, 2.24) is 9.78 Å². The van der Waals surface area contributed by atoms with Crippen molar-refractivity contribution in [1.29, 1.82) is 0 Å². The first-order chi connectivity index (χ1) is 13.7. The van der Waals surface area contributed by atoms with Crippen LogP contribution in [0.25, 0.3) is 16.9 Å². The highest BCUT2D eigenvalue weighted by Crippen LogP contribution is 2.28. The van der Waals surface area contributed by atoms with Gasteiger partial charge in [-0.1, -0.05) is 48.5 Å². The fraction of sp³-hybridized carbons (Fsp3) is 0.0435. The first-order valence-electron chi connectivity index (χ1n) is 8.86. The highest BCUT2D eigenvalue weighted by molar-refractivity contribution is 5.83. The monoisotopic (exact) mass is 369 g/mol. The van der Waals surface area contributed by atoms with Gasteiger partial charge < -0.3 is 9.84 Å². The van der Waals surface area contributed by atoms with Gasteiger partial charge in [0.15, 0.2) is 17.3 Å². The van der Waals surface area contributed by atoms with Crippen molar-refractivity contribution in [2.24, 2.45) is 4.99 Å². The number of para-hydroxylation sites is 1. The zero-order chi connectivity index (χ0) is 19.3. The minimum atomic E-state index is 0.0975. The van der Waals surface area contributed by atoms with Gasteiger partial charge in [-0.2, -0.15) is 5.10 Å². The fourth-order valence-corrected chi connectivity index (χ4v) is 2.89. The lowest BCUT2D eigenvalue weighted by atomic mass is 10.1. The van der Waals surface area contributed by atoms with Crippen molar-refractivity contribution in [3.8, 4) is 28.4 Å². The Hall–Kier alpha value is -3.86. The summed E-state index contributed by atoms with van der Waals surface area (Å²) in [6.45, 7) is 0. The van der Waals surface area contributed by atoms with Crippen LogP contribution in [-0.2, 0) is 0 Å². The maximum atomic E-state index is 9.76. The van der Waals surface area contributed by atoms with Crippen molar-refractivity contribution in [2.75, 3.05) is 7.11 Å². The number of methoxy groups -OCH3 is 1. The molecule has 138 valence electrons. The minimum absolute atomic E-state index is 0.0975. The molecule has 0 aliphatic rings. The molecular weight excluding hydrogens is 350 g/mol. The van der Waals surface area contributed by atoms with E-state index in [1.807, 2.05) is 71.4 Å². The van der Waals surface area contributed by atoms with Crippen molar-refractivity contribution < 1.29 is 9.84 Å². The SMILES string of the molecule is COc1cc(/C=N/c2cc(-c3ccccc3)nn2-c2ccccc2)ccc1O. The summed E-state index contributed by atoms with van der Waals surface area (Å²) in [6.07, 6.45) is 1.73. The van der Waals surface area contributed by atoms with Crippen molar-refractivity contribution >= 4 is 12.0 Å². The molecule has 1 N–H and O–H groups in total. The molecule has 0 saturated carbocycles. The molecule has 0 radical (unpaired) electrons. The largest absolute Gasteiger partial charge is 0.504 e. The molecule has 1 heterocycles. The summed E-state index contributed by atoms with van der Waals surface area (Å²) in [5, 5.41) is 14.5. The molecule has 0 spiro atoms. The van der Waals surface area contributed by atoms with Crippen LogP contribution < -0.4 is 4.74 Å². The number of aromatic nitrogens is 2. The number of aliphatic imine (C=N–C) groups is 1. The van der Waals surface area contributed by atoms with Gasteiger partial charge in [-0.3, -0.25) is 0 Å². The molecule has 4 rings (SSSR count). The molecule has 0 fully saturated rings. The number of aromatic hydroxyl groups is 1. The van der Waals surface area contributed by atoms with E-state index in [0.29, 0.717) is 11.6 Å². The van der Waals surface area contributed by atoms with Crippen molar-refractivity contribution in [3.63, 3.8) is 0 Å². The topological polar surface area (TPSA) is 59.6 Å². The van der Waals surface area contributed by atoms with E-state index in [4.69, 9.17) is 9.84 Å². The highest BCUT2D eigenvalue weighted by Gasteiger charge is 2.10. The van der Waals surface area contributed by atoms with Crippen LogP contribution in [0.15, 0.2) is 89.9 Å². The third-order valence-electron chi connectivity index (χ3n) is 4.31. The number of hydrogen-bond acceptors (Lipinski definition) is 4. The Balaban J connectivity index is 1.76. The average Bonchev–Trinajstić information content (AvgIpc) is 3.19. The van der Waals surface area contributed by atoms with Gasteiger partial charge in [0.2, 0.25) is 0 Å². The van der Waals surface area contributed by atoms with E-state index in [0.717, 1.165) is 22.5 Å². The van der Waals surface area contributed by atoms with Crippen LogP contribution in [0.5, 0.6) is 11.5 Å². The van der Waals surface area contributed by atoms with Crippen molar-refractivity contribution in [2.45, 2.75) is 0 Å². The first-order valence-corrected chi connectivity index (χ1v) is 8.86. The number of benzene rings is 3. The summed E-state index contributed by atoms with van der Waals surface area (Å²) in [4.78, 5) is 4.64. The molecule has 5 heteroatoms. The van der Waals surface area contributed by atoms with E-state index >= 15 is 0 Å². The number of phenolic OH excluding ortho intramolecular Hbond substituents is 1. The lowest BCUT2D eigenvalue weighted by Gasteiger charge is -2.04. The summed E-state index contributed by atoms with van der Waals surface area (Å²) in [7, 11) is 1.52. The van der Waals surface area contributed by atoms with E-state index < -0.39 is 0 Å². The summed E-state index contributed by atoms with van der Waals surface area (Å²) in [5.74, 6) is 1.21. The Morgan fingerprint density at radius 2 is 1.64 bits per heavy atom. The Morgan fingerprint density at radius 3 is 2.36 bits per heavy atom. The van der Waals surface area contributed by atoms with Crippen LogP contribution in [0.1, 0.15) is 5.56 Å². The number of phenols is 1. The van der Waals surface area contributed by atoms with E-state index in [1.54, 1.807) is 24.4 Å². The average molecular weight is 369 g/mol. The third-order valence-corrected chi connectivity index (χ3v) is 4.31. The van der Waals surface area contributed by atoms with Gasteiger partial charge >= 0.3 is 0 Å². The second-order valence-corrected chi connectivity index (χ2v) is 6.19. The van der Waals surface area contributed by atoms with Gasteiger partial charge in [-0.15, -0.1) is 0 Å². The lowest BCUT2D eigenvalue weighted by molar-refractivity contribution is 0.373. The van der Waals surface area contributed by atoms with E-state index in [-0.39, 0.29) is 5.75 Å². The van der Waals surface area contributed by atoms with Crippen LogP contribution in [0.3, 0.4) is 0 Å². The predicted molar refractivity (Wildman–Crippen MR) is 111 cm³/mol. The summed E-state index contributed by atoms with van der Waals surface area (Å²) >= 11 is 0. The molecule has 5 nitrogen and oxygen atoms in total. The van der Waals surface area contributed by atoms with Crippen LogP contribution >= 0.6 is 0 Å². The minimum Gasteiger partial charge on any atom is -0.504 e. The molecular formula is C23H19N3O2. The summed E-state index contributed by atoms with van der Waals surface area (Å²) < 4.78 is 6.98. The smallest absolute Gasteiger partial charge is 0.161 e. The van der Waals surface area contributed by atoms with E-state index in [9.17, 15) is 5.11 Å². The van der Waals surface area contributed by atoms with Gasteiger partial charge in [0.1, 0.15) is 0 Å². The Kier molecular flexibility index (Phi) is 4.89. The maximum Gasteiger partial charge on any atom is 0.161 e. The highest BCUT2D eigenvalue weighted by atomic mass is 16.5. The van der Waals surface area contributed by atoms with E-state index in [2.05, 4.69) is 4.99 Å². The van der Waals surface area contributed by atoms with Crippen LogP contribution in [0.2, 0.25) is 0 Å². The zero-order valence-electron chi connectivity index (χ0n) is 15.4. The lowest BCUT2D eigenvalue weighted by Crippen LogP contribution is -1.96. The molecule has 0 unspecified atom stereocenters. The van der Waals surface area contributed by atoms with Gasteiger partial charge in [0.25, 0.3) is 0 Å². The number of nitrogens with zero attached hydrogens (tertiary/aromatic N) is 3. The molecule has 0 atom stereocenters. The number of rotatable bonds is 5. The Labute approximate surface area is 163 Å². The van der Waals surface area contributed by atoms with E-state index in [1.165, 1.54) is 7.11 Å². The standard InChI is InChI=1S/C23H19N3O2/c1-28-22-14-17(12-13-21(22)27)16-24-23-15-20(18-8-4-2-5-9-18)25-26(23)19-10-6-3-7-11-19/h2-16,27H,1H3/b24-16+. The predicted octanol–water partition coefficient (Wildman–Crippen LogP) is 5.00. The molecule has 0 amide bonds. The molecule has 28 heavy (non-hydrogen) atoms. The van der Waals surface area contributed by atoms with Gasteiger partial charge in [0, 0.05) is 17.8 Å². The second-order valence-electron chi connectivity index (χ2n) is 6.19. The second kappa shape index (κ2) is 7.80. The molecule has 1 aromatic heterocycles. The first kappa shape index (κ1) is 17.5. The van der Waals surface area contributed by atoms with Gasteiger partial charge in [0.05, 0.1) is 18.5 Å². The summed E-state index contributed by atoms with van der Waals surface area (Å²) in [6, 6.07) is 27.0. The fourth-order valence-electron chi connectivity index (χ4n) is 2.89. The Morgan fingerprint density at radius 1 is 0.929 bits per heavy atom.